The van der Waals surface area contributed by atoms with E-state index in [1.165, 1.54) is 6.07 Å². The van der Waals surface area contributed by atoms with Crippen LogP contribution >= 0.6 is 0 Å². The van der Waals surface area contributed by atoms with Crippen LogP contribution in [0.2, 0.25) is 0 Å². The summed E-state index contributed by atoms with van der Waals surface area (Å²) < 4.78 is 11.0. The van der Waals surface area contributed by atoms with Crippen LogP contribution in [-0.4, -0.2) is 19.1 Å². The Morgan fingerprint density at radius 1 is 1.08 bits per heavy atom. The molecule has 0 atom stereocenters. The van der Waals surface area contributed by atoms with Gasteiger partial charge in [-0.25, -0.2) is 0 Å². The summed E-state index contributed by atoms with van der Waals surface area (Å²) >= 11 is 0. The maximum Gasteiger partial charge on any atom is 2.00 e. The first-order valence-corrected chi connectivity index (χ1v) is 7.75. The molecule has 6 nitrogen and oxygen atoms in total. The molecule has 0 fully saturated rings. The second-order valence-corrected chi connectivity index (χ2v) is 5.10. The van der Waals surface area contributed by atoms with E-state index >= 15 is 0 Å². The largest absolute Gasteiger partial charge is 2.00 e. The summed E-state index contributed by atoms with van der Waals surface area (Å²) in [6, 6.07) is 10.4. The number of nitrogens with one attached hydrogen (secondary N) is 1. The number of hydrogen-bond donors (Lipinski definition) is 1. The summed E-state index contributed by atoms with van der Waals surface area (Å²) in [6.45, 7) is 6.43. The molecule has 2 aromatic rings. The second-order valence-electron chi connectivity index (χ2n) is 5.10. The van der Waals surface area contributed by atoms with Gasteiger partial charge in [-0.2, -0.15) is 0 Å². The van der Waals surface area contributed by atoms with Gasteiger partial charge in [0, 0.05) is 11.6 Å². The van der Waals surface area contributed by atoms with Gasteiger partial charge < -0.3 is 27.2 Å². The third kappa shape index (κ3) is 5.98. The van der Waals surface area contributed by atoms with Crippen molar-refractivity contribution in [3.8, 4) is 11.5 Å². The minimum absolute atomic E-state index is 0. The number of amides is 1. The van der Waals surface area contributed by atoms with Crippen LogP contribution in [0, 0.1) is 12.3 Å². The van der Waals surface area contributed by atoms with Gasteiger partial charge in [0.1, 0.15) is 0 Å². The molecule has 2 rings (SSSR count). The van der Waals surface area contributed by atoms with E-state index in [0.29, 0.717) is 36.0 Å². The van der Waals surface area contributed by atoms with Crippen molar-refractivity contribution in [3.63, 3.8) is 0 Å². The average molecular weight is 427 g/mol. The van der Waals surface area contributed by atoms with E-state index in [2.05, 4.69) is 10.3 Å². The minimum Gasteiger partial charge on any atom is -1.00 e. The fourth-order valence-electron chi connectivity index (χ4n) is 2.17. The van der Waals surface area contributed by atoms with Crippen molar-refractivity contribution < 1.29 is 46.2 Å². The molecule has 132 valence electrons. The topological polar surface area (TPSA) is 75.7 Å². The smallest absolute Gasteiger partial charge is 1.00 e. The predicted octanol–water partition coefficient (Wildman–Crippen LogP) is 1.53. The molecule has 0 aliphatic heterocycles. The summed E-state index contributed by atoms with van der Waals surface area (Å²) in [4.78, 5) is 15.6. The molecule has 2 aromatic carbocycles. The van der Waals surface area contributed by atoms with Crippen molar-refractivity contribution in [2.45, 2.75) is 20.8 Å². The van der Waals surface area contributed by atoms with Crippen LogP contribution in [0.3, 0.4) is 0 Å². The minimum atomic E-state index is -0.257. The van der Waals surface area contributed by atoms with E-state index in [1.807, 2.05) is 32.9 Å². The zero-order chi connectivity index (χ0) is 17.5. The molecule has 26 heavy (non-hydrogen) atoms. The maximum atomic E-state index is 12.4. The van der Waals surface area contributed by atoms with Crippen LogP contribution in [-0.2, 0) is 19.5 Å². The van der Waals surface area contributed by atoms with Crippen molar-refractivity contribution >= 4 is 17.3 Å². The van der Waals surface area contributed by atoms with Crippen molar-refractivity contribution in [2.24, 2.45) is 0 Å². The summed E-state index contributed by atoms with van der Waals surface area (Å²) in [7, 11) is 0. The Hall–Kier alpha value is -2.16. The van der Waals surface area contributed by atoms with Gasteiger partial charge in [0.05, 0.1) is 25.0 Å². The van der Waals surface area contributed by atoms with E-state index in [9.17, 15) is 4.79 Å². The maximum absolute atomic E-state index is 12.4. The van der Waals surface area contributed by atoms with Crippen molar-refractivity contribution in [2.75, 3.05) is 18.5 Å². The van der Waals surface area contributed by atoms with Gasteiger partial charge >= 0.3 is 25.2 Å². The van der Waals surface area contributed by atoms with E-state index in [4.69, 9.17) is 14.9 Å². The number of carbonyl (C=O) groups excluding carboxylic acids is 1. The van der Waals surface area contributed by atoms with Crippen LogP contribution in [0.4, 0.5) is 11.4 Å². The van der Waals surface area contributed by atoms with Gasteiger partial charge in [-0.15, -0.1) is 0 Å². The number of benzene rings is 2. The molecule has 0 saturated carbocycles. The van der Waals surface area contributed by atoms with Crippen molar-refractivity contribution in [3.05, 3.63) is 52.5 Å². The SMILES string of the molecule is CCOc1cc(NC(=O)c2ccc(C)cc2)c(OCC)cc1[N+]#N.[Cl-].[Zn+2]. The van der Waals surface area contributed by atoms with Gasteiger partial charge in [0.2, 0.25) is 11.1 Å². The summed E-state index contributed by atoms with van der Waals surface area (Å²) in [6.07, 6.45) is 0. The molecule has 0 saturated heterocycles. The van der Waals surface area contributed by atoms with Gasteiger partial charge in [-0.1, -0.05) is 17.7 Å². The molecule has 0 radical (unpaired) electrons. The molecule has 8 heteroatoms. The fourth-order valence-corrected chi connectivity index (χ4v) is 2.17. The number of hydrogen-bond acceptors (Lipinski definition) is 4. The zero-order valence-electron chi connectivity index (χ0n) is 15.1. The Morgan fingerprint density at radius 2 is 1.65 bits per heavy atom. The Labute approximate surface area is 172 Å². The third-order valence-corrected chi connectivity index (χ3v) is 3.33. The average Bonchev–Trinajstić information content (AvgIpc) is 2.58. The second kappa shape index (κ2) is 11.5. The van der Waals surface area contributed by atoms with Crippen LogP contribution < -0.4 is 27.2 Å². The number of anilines is 1. The van der Waals surface area contributed by atoms with Gasteiger partial charge in [-0.05, 0) is 32.9 Å². The van der Waals surface area contributed by atoms with Gasteiger partial charge in [-0.3, -0.25) is 4.79 Å². The Morgan fingerprint density at radius 3 is 2.19 bits per heavy atom. The molecule has 1 N–H and O–H groups in total. The van der Waals surface area contributed by atoms with E-state index < -0.39 is 0 Å². The van der Waals surface area contributed by atoms with E-state index in [-0.39, 0.29) is 43.5 Å². The Bertz CT molecular complexity index is 776. The molecule has 0 heterocycles. The number of ether oxygens (including phenoxy) is 2. The van der Waals surface area contributed by atoms with Gasteiger partial charge in [0.25, 0.3) is 5.91 Å². The number of rotatable bonds is 6. The van der Waals surface area contributed by atoms with E-state index in [0.717, 1.165) is 5.56 Å². The number of halogens is 1. The summed E-state index contributed by atoms with van der Waals surface area (Å²) in [5.74, 6) is 0.518. The van der Waals surface area contributed by atoms with Crippen LogP contribution in [0.5, 0.6) is 11.5 Å². The van der Waals surface area contributed by atoms with Crippen molar-refractivity contribution in [1.82, 2.24) is 0 Å². The Kier molecular flexibility index (Phi) is 10.5. The number of nitrogens with zero attached hydrogens (tertiary/aromatic N) is 2. The molecule has 0 aliphatic rings. The molecule has 0 aromatic heterocycles. The quantitative estimate of drug-likeness (QED) is 0.561. The molecule has 0 bridgehead atoms. The monoisotopic (exact) mass is 425 g/mol. The summed E-state index contributed by atoms with van der Waals surface area (Å²) in [5.41, 5.74) is 2.32. The van der Waals surface area contributed by atoms with Gasteiger partial charge in [0.15, 0.2) is 10.7 Å². The predicted molar refractivity (Wildman–Crippen MR) is 92.7 cm³/mol. The standard InChI is InChI=1S/C18H19N3O3.ClH.Zn/c1-4-23-16-11-15(21-19)17(24-5-2)10-14(16)20-18(22)13-8-6-12(3)7-9-13;;/h6-11H,4-5H2,1-3H3;1H;/q;;+2. The molecule has 0 aliphatic carbocycles. The van der Waals surface area contributed by atoms with Crippen LogP contribution in [0.25, 0.3) is 4.98 Å². The summed E-state index contributed by atoms with van der Waals surface area (Å²) in [5, 5.41) is 11.9. The number of aryl methyl sites for hydroxylation is 1. The first-order chi connectivity index (χ1) is 11.6. The van der Waals surface area contributed by atoms with Crippen molar-refractivity contribution in [1.29, 1.82) is 5.39 Å². The van der Waals surface area contributed by atoms with E-state index in [1.54, 1.807) is 18.2 Å². The van der Waals surface area contributed by atoms with Crippen LogP contribution in [0.1, 0.15) is 29.8 Å². The molecule has 0 spiro atoms. The number of diazo groups is 1. The Balaban J connectivity index is 0.00000312. The number of carbonyl (C=O) groups is 1. The molecule has 0 unspecified atom stereocenters. The normalized spacial score (nSPS) is 9.15. The third-order valence-electron chi connectivity index (χ3n) is 3.33. The fraction of sp³-hybridized carbons (Fsp3) is 0.278. The zero-order valence-corrected chi connectivity index (χ0v) is 18.8. The molecular formula is C18H20ClN3O3Zn+2. The van der Waals surface area contributed by atoms with Crippen LogP contribution in [0.15, 0.2) is 36.4 Å². The first kappa shape index (κ1) is 23.8. The molecule has 1 amide bonds. The molecular weight excluding hydrogens is 407 g/mol. The first-order valence-electron chi connectivity index (χ1n) is 7.75.